The molecule has 0 aliphatic rings. The second kappa shape index (κ2) is 13.9. The van der Waals surface area contributed by atoms with Crippen LogP contribution in [0.4, 0.5) is 34.1 Å². The highest BCUT2D eigenvalue weighted by Crippen LogP contribution is 2.39. The molecule has 0 saturated heterocycles. The van der Waals surface area contributed by atoms with Crippen molar-refractivity contribution in [3.63, 3.8) is 0 Å². The molecular formula is C39H42N2. The lowest BCUT2D eigenvalue weighted by Crippen LogP contribution is -2.12. The van der Waals surface area contributed by atoms with Crippen molar-refractivity contribution in [3.05, 3.63) is 144 Å². The van der Waals surface area contributed by atoms with Gasteiger partial charge < -0.3 is 9.80 Å². The summed E-state index contributed by atoms with van der Waals surface area (Å²) < 4.78 is 0. The van der Waals surface area contributed by atoms with Crippen molar-refractivity contribution >= 4 is 34.1 Å². The molecule has 5 rings (SSSR count). The van der Waals surface area contributed by atoms with Gasteiger partial charge in [0.1, 0.15) is 0 Å². The average Bonchev–Trinajstić information content (AvgIpc) is 3.03. The fourth-order valence-corrected chi connectivity index (χ4v) is 5.30. The molecule has 208 valence electrons. The van der Waals surface area contributed by atoms with E-state index in [1.165, 1.54) is 53.7 Å². The van der Waals surface area contributed by atoms with Gasteiger partial charge >= 0.3 is 0 Å². The number of anilines is 6. The van der Waals surface area contributed by atoms with Crippen LogP contribution in [-0.4, -0.2) is 0 Å². The van der Waals surface area contributed by atoms with Crippen LogP contribution in [-0.2, 0) is 12.8 Å². The number of nitrogens with zero attached hydrogens (tertiary/aromatic N) is 2. The maximum atomic E-state index is 2.35. The van der Waals surface area contributed by atoms with Gasteiger partial charge in [0.25, 0.3) is 0 Å². The Morgan fingerprint density at radius 3 is 1.07 bits per heavy atom. The summed E-state index contributed by atoms with van der Waals surface area (Å²) in [5.41, 5.74) is 11.0. The minimum absolute atomic E-state index is 1.13. The van der Waals surface area contributed by atoms with Crippen molar-refractivity contribution in [3.8, 4) is 0 Å². The normalized spacial score (nSPS) is 10.9. The van der Waals surface area contributed by atoms with Crippen LogP contribution in [0.3, 0.4) is 0 Å². The standard InChI is InChI=1S/C39H42N2/c1-4-6-11-32-17-23-36(24-18-32)40(34-13-9-8-10-14-34)38-27-29-39(30-28-38)41(35-21-15-31(3)16-22-35)37-25-19-33(20-26-37)12-7-5-2/h8-10,13-30H,4-7,11-12H2,1-3H3. The lowest BCUT2D eigenvalue weighted by atomic mass is 10.1. The Morgan fingerprint density at radius 2 is 0.707 bits per heavy atom. The highest BCUT2D eigenvalue weighted by atomic mass is 15.2. The first-order valence-corrected chi connectivity index (χ1v) is 15.2. The van der Waals surface area contributed by atoms with Crippen LogP contribution in [0.2, 0.25) is 0 Å². The Labute approximate surface area is 246 Å². The summed E-state index contributed by atoms with van der Waals surface area (Å²) in [5, 5.41) is 0. The Morgan fingerprint density at radius 1 is 0.390 bits per heavy atom. The zero-order valence-electron chi connectivity index (χ0n) is 24.8. The SMILES string of the molecule is CCCCc1ccc(N(c2ccccc2)c2ccc(N(c3ccc(C)cc3)c3ccc(CCCC)cc3)cc2)cc1. The molecular weight excluding hydrogens is 496 g/mol. The van der Waals surface area contributed by atoms with E-state index in [0.717, 1.165) is 35.6 Å². The smallest absolute Gasteiger partial charge is 0.0463 e. The van der Waals surface area contributed by atoms with E-state index in [-0.39, 0.29) is 0 Å². The highest BCUT2D eigenvalue weighted by Gasteiger charge is 2.16. The summed E-state index contributed by atoms with van der Waals surface area (Å²) in [7, 11) is 0. The third-order valence-electron chi connectivity index (χ3n) is 7.70. The first-order chi connectivity index (χ1) is 20.2. The minimum atomic E-state index is 1.13. The zero-order valence-corrected chi connectivity index (χ0v) is 24.8. The van der Waals surface area contributed by atoms with Crippen LogP contribution in [0, 0.1) is 6.92 Å². The molecule has 41 heavy (non-hydrogen) atoms. The van der Waals surface area contributed by atoms with Gasteiger partial charge in [-0.05, 0) is 117 Å². The number of aryl methyl sites for hydroxylation is 3. The van der Waals surface area contributed by atoms with E-state index >= 15 is 0 Å². The third kappa shape index (κ3) is 7.08. The molecule has 5 aromatic rings. The lowest BCUT2D eigenvalue weighted by molar-refractivity contribution is 0.795. The first kappa shape index (κ1) is 28.2. The van der Waals surface area contributed by atoms with Gasteiger partial charge in [0.05, 0.1) is 0 Å². The topological polar surface area (TPSA) is 6.48 Å². The maximum Gasteiger partial charge on any atom is 0.0463 e. The molecule has 2 heteroatoms. The molecule has 5 aromatic carbocycles. The van der Waals surface area contributed by atoms with Crippen molar-refractivity contribution in [1.29, 1.82) is 0 Å². The van der Waals surface area contributed by atoms with Crippen molar-refractivity contribution in [2.75, 3.05) is 9.80 Å². The average molecular weight is 539 g/mol. The summed E-state index contributed by atoms with van der Waals surface area (Å²) >= 11 is 0. The van der Waals surface area contributed by atoms with Crippen LogP contribution in [0.25, 0.3) is 0 Å². The summed E-state index contributed by atoms with van der Waals surface area (Å²) in [4.78, 5) is 4.69. The molecule has 0 N–H and O–H groups in total. The molecule has 0 aliphatic carbocycles. The van der Waals surface area contributed by atoms with Gasteiger partial charge in [0.2, 0.25) is 0 Å². The molecule has 0 bridgehead atoms. The van der Waals surface area contributed by atoms with E-state index in [2.05, 4.69) is 158 Å². The predicted octanol–water partition coefficient (Wildman–Crippen LogP) is 11.6. The fourth-order valence-electron chi connectivity index (χ4n) is 5.30. The van der Waals surface area contributed by atoms with E-state index in [1.807, 2.05) is 0 Å². The monoisotopic (exact) mass is 538 g/mol. The lowest BCUT2D eigenvalue weighted by Gasteiger charge is -2.28. The molecule has 0 unspecified atom stereocenters. The number of hydrogen-bond acceptors (Lipinski definition) is 2. The molecule has 0 aromatic heterocycles. The Balaban J connectivity index is 1.50. The largest absolute Gasteiger partial charge is 0.311 e. The maximum absolute atomic E-state index is 2.35. The van der Waals surface area contributed by atoms with Gasteiger partial charge in [0.15, 0.2) is 0 Å². The van der Waals surface area contributed by atoms with E-state index < -0.39 is 0 Å². The second-order valence-corrected chi connectivity index (χ2v) is 10.9. The molecule has 0 atom stereocenters. The van der Waals surface area contributed by atoms with Gasteiger partial charge in [-0.15, -0.1) is 0 Å². The summed E-state index contributed by atoms with van der Waals surface area (Å²) in [5.74, 6) is 0. The number of hydrogen-bond donors (Lipinski definition) is 0. The van der Waals surface area contributed by atoms with Crippen molar-refractivity contribution in [2.45, 2.75) is 59.3 Å². The Bertz CT molecular complexity index is 1470. The molecule has 0 radical (unpaired) electrons. The quantitative estimate of drug-likeness (QED) is 0.156. The van der Waals surface area contributed by atoms with Crippen molar-refractivity contribution in [1.82, 2.24) is 0 Å². The van der Waals surface area contributed by atoms with Crippen LogP contribution in [0.1, 0.15) is 56.2 Å². The summed E-state index contributed by atoms with van der Waals surface area (Å²) in [6.07, 6.45) is 7.14. The first-order valence-electron chi connectivity index (χ1n) is 15.2. The van der Waals surface area contributed by atoms with E-state index in [1.54, 1.807) is 0 Å². The van der Waals surface area contributed by atoms with E-state index in [4.69, 9.17) is 0 Å². The molecule has 0 spiro atoms. The van der Waals surface area contributed by atoms with E-state index in [0.29, 0.717) is 0 Å². The molecule has 0 saturated carbocycles. The fraction of sp³-hybridized carbons (Fsp3) is 0.231. The minimum Gasteiger partial charge on any atom is -0.311 e. The van der Waals surface area contributed by atoms with E-state index in [9.17, 15) is 0 Å². The number of rotatable bonds is 12. The van der Waals surface area contributed by atoms with Gasteiger partial charge in [-0.1, -0.05) is 86.8 Å². The van der Waals surface area contributed by atoms with Crippen LogP contribution in [0.5, 0.6) is 0 Å². The van der Waals surface area contributed by atoms with Gasteiger partial charge in [0, 0.05) is 34.1 Å². The van der Waals surface area contributed by atoms with Gasteiger partial charge in [-0.2, -0.15) is 0 Å². The molecule has 0 heterocycles. The number of para-hydroxylation sites is 1. The second-order valence-electron chi connectivity index (χ2n) is 10.9. The molecule has 2 nitrogen and oxygen atoms in total. The van der Waals surface area contributed by atoms with Gasteiger partial charge in [-0.3, -0.25) is 0 Å². The van der Waals surface area contributed by atoms with Crippen molar-refractivity contribution in [2.24, 2.45) is 0 Å². The summed E-state index contributed by atoms with van der Waals surface area (Å²) in [6.45, 7) is 6.64. The van der Waals surface area contributed by atoms with Crippen LogP contribution >= 0.6 is 0 Å². The van der Waals surface area contributed by atoms with Crippen LogP contribution in [0.15, 0.2) is 127 Å². The van der Waals surface area contributed by atoms with Gasteiger partial charge in [-0.25, -0.2) is 0 Å². The zero-order chi connectivity index (χ0) is 28.4. The number of unbranched alkanes of at least 4 members (excludes halogenated alkanes) is 2. The Hall–Kier alpha value is -4.30. The number of benzene rings is 5. The third-order valence-corrected chi connectivity index (χ3v) is 7.70. The molecule has 0 amide bonds. The van der Waals surface area contributed by atoms with Crippen LogP contribution < -0.4 is 9.80 Å². The highest BCUT2D eigenvalue weighted by molar-refractivity contribution is 5.81. The summed E-state index contributed by atoms with van der Waals surface area (Å²) in [6, 6.07) is 46.6. The predicted molar refractivity (Wildman–Crippen MR) is 178 cm³/mol. The van der Waals surface area contributed by atoms with Crippen molar-refractivity contribution < 1.29 is 0 Å². The molecule has 0 fully saturated rings. The Kier molecular flexibility index (Phi) is 9.54. The molecule has 0 aliphatic heterocycles.